The van der Waals surface area contributed by atoms with Crippen LogP contribution in [0.15, 0.2) is 47.0 Å². The number of para-hydroxylation sites is 1. The van der Waals surface area contributed by atoms with Gasteiger partial charge in [-0.2, -0.15) is 0 Å². The molecule has 0 aliphatic carbocycles. The Morgan fingerprint density at radius 2 is 2.09 bits per heavy atom. The number of carbonyl (C=O) groups excluding carboxylic acids is 1. The first-order chi connectivity index (χ1) is 11.2. The third kappa shape index (κ3) is 2.63. The van der Waals surface area contributed by atoms with Crippen molar-refractivity contribution in [2.24, 2.45) is 0 Å². The Hall–Kier alpha value is -2.89. The van der Waals surface area contributed by atoms with Gasteiger partial charge in [-0.25, -0.2) is 4.98 Å². The summed E-state index contributed by atoms with van der Waals surface area (Å²) in [7, 11) is 0. The number of benzene rings is 1. The molecule has 1 fully saturated rings. The molecule has 3 heterocycles. The monoisotopic (exact) mass is 309 g/mol. The minimum absolute atomic E-state index is 0.0411. The molecule has 0 atom stereocenters. The summed E-state index contributed by atoms with van der Waals surface area (Å²) in [5, 5.41) is 4.82. The number of carbonyl (C=O) groups is 1. The van der Waals surface area contributed by atoms with Crippen LogP contribution >= 0.6 is 0 Å². The third-order valence-corrected chi connectivity index (χ3v) is 3.84. The van der Waals surface area contributed by atoms with Crippen LogP contribution in [-0.2, 0) is 0 Å². The van der Waals surface area contributed by atoms with E-state index >= 15 is 0 Å². The molecule has 1 amide bonds. The van der Waals surface area contributed by atoms with Crippen molar-refractivity contribution in [3.63, 3.8) is 0 Å². The second kappa shape index (κ2) is 5.39. The second-order valence-corrected chi connectivity index (χ2v) is 5.61. The van der Waals surface area contributed by atoms with Crippen molar-refractivity contribution < 1.29 is 14.1 Å². The highest BCUT2D eigenvalue weighted by molar-refractivity contribution is 5.92. The molecule has 0 bridgehead atoms. The lowest BCUT2D eigenvalue weighted by molar-refractivity contribution is 0.0154. The largest absolute Gasteiger partial charge is 0.471 e. The number of pyridine rings is 1. The van der Waals surface area contributed by atoms with Gasteiger partial charge in [0.05, 0.1) is 18.6 Å². The van der Waals surface area contributed by atoms with Crippen LogP contribution < -0.4 is 4.74 Å². The molecule has 0 radical (unpaired) electrons. The van der Waals surface area contributed by atoms with Crippen LogP contribution in [0.3, 0.4) is 0 Å². The molecule has 0 N–H and O–H groups in total. The van der Waals surface area contributed by atoms with E-state index in [9.17, 15) is 4.79 Å². The van der Waals surface area contributed by atoms with Gasteiger partial charge < -0.3 is 14.2 Å². The Bertz CT molecular complexity index is 868. The summed E-state index contributed by atoms with van der Waals surface area (Å²) in [6.45, 7) is 2.82. The van der Waals surface area contributed by atoms with Crippen molar-refractivity contribution in [2.45, 2.75) is 13.0 Å². The Balaban J connectivity index is 1.39. The van der Waals surface area contributed by atoms with Crippen LogP contribution in [0.1, 0.15) is 16.2 Å². The molecule has 23 heavy (non-hydrogen) atoms. The molecule has 3 aromatic rings. The molecule has 4 rings (SSSR count). The molecular formula is C17H15N3O3. The van der Waals surface area contributed by atoms with Crippen LogP contribution in [0.4, 0.5) is 0 Å². The van der Waals surface area contributed by atoms with E-state index in [2.05, 4.69) is 10.1 Å². The number of nitrogens with zero attached hydrogens (tertiary/aromatic N) is 3. The molecule has 0 unspecified atom stereocenters. The smallest absolute Gasteiger partial charge is 0.276 e. The van der Waals surface area contributed by atoms with E-state index in [0.717, 1.165) is 10.9 Å². The Morgan fingerprint density at radius 1 is 1.26 bits per heavy atom. The van der Waals surface area contributed by atoms with Crippen LogP contribution in [-0.4, -0.2) is 40.1 Å². The molecule has 6 nitrogen and oxygen atoms in total. The van der Waals surface area contributed by atoms with Gasteiger partial charge in [-0.1, -0.05) is 23.4 Å². The number of hydrogen-bond donors (Lipinski definition) is 0. The summed E-state index contributed by atoms with van der Waals surface area (Å²) < 4.78 is 10.8. The fourth-order valence-corrected chi connectivity index (χ4v) is 2.59. The van der Waals surface area contributed by atoms with Gasteiger partial charge in [0.2, 0.25) is 5.88 Å². The zero-order valence-corrected chi connectivity index (χ0v) is 12.6. The lowest BCUT2D eigenvalue weighted by Crippen LogP contribution is -2.56. The molecular weight excluding hydrogens is 294 g/mol. The first-order valence-corrected chi connectivity index (χ1v) is 7.44. The van der Waals surface area contributed by atoms with E-state index in [4.69, 9.17) is 9.26 Å². The van der Waals surface area contributed by atoms with Crippen molar-refractivity contribution in [2.75, 3.05) is 13.1 Å². The van der Waals surface area contributed by atoms with Gasteiger partial charge in [-0.05, 0) is 19.1 Å². The fourth-order valence-electron chi connectivity index (χ4n) is 2.59. The van der Waals surface area contributed by atoms with Crippen LogP contribution in [0.25, 0.3) is 10.9 Å². The fraction of sp³-hybridized carbons (Fsp3) is 0.235. The topological polar surface area (TPSA) is 68.5 Å². The van der Waals surface area contributed by atoms with Gasteiger partial charge in [0.25, 0.3) is 5.91 Å². The van der Waals surface area contributed by atoms with Crippen LogP contribution in [0.2, 0.25) is 0 Å². The van der Waals surface area contributed by atoms with Gasteiger partial charge >= 0.3 is 0 Å². The summed E-state index contributed by atoms with van der Waals surface area (Å²) in [6.07, 6.45) is -0.0411. The van der Waals surface area contributed by atoms with Crippen molar-refractivity contribution in [1.29, 1.82) is 0 Å². The van der Waals surface area contributed by atoms with Crippen molar-refractivity contribution in [1.82, 2.24) is 15.0 Å². The molecule has 6 heteroatoms. The number of fused-ring (bicyclic) bond motifs is 1. The summed E-state index contributed by atoms with van der Waals surface area (Å²) in [4.78, 5) is 18.3. The predicted octanol–water partition coefficient (Wildman–Crippen LogP) is 2.43. The summed E-state index contributed by atoms with van der Waals surface area (Å²) in [5.41, 5.74) is 1.24. The van der Waals surface area contributed by atoms with Gasteiger partial charge in [0.15, 0.2) is 5.69 Å². The van der Waals surface area contributed by atoms with E-state index in [0.29, 0.717) is 30.4 Å². The second-order valence-electron chi connectivity index (χ2n) is 5.61. The average molecular weight is 309 g/mol. The molecule has 0 spiro atoms. The molecule has 0 saturated carbocycles. The van der Waals surface area contributed by atoms with E-state index in [1.54, 1.807) is 17.9 Å². The van der Waals surface area contributed by atoms with E-state index in [1.165, 1.54) is 0 Å². The third-order valence-electron chi connectivity index (χ3n) is 3.84. The van der Waals surface area contributed by atoms with Crippen molar-refractivity contribution in [3.05, 3.63) is 53.9 Å². The minimum Gasteiger partial charge on any atom is -0.471 e. The Kier molecular flexibility index (Phi) is 3.22. The first-order valence-electron chi connectivity index (χ1n) is 7.44. The highest BCUT2D eigenvalue weighted by Gasteiger charge is 2.34. The standard InChI is InChI=1S/C17H15N3O3/c1-11-8-15(19-23-11)17(21)20-9-13(10-20)22-16-7-6-12-4-2-3-5-14(12)18-16/h2-8,13H,9-10H2,1H3. The maximum atomic E-state index is 12.1. The maximum absolute atomic E-state index is 12.1. The summed E-state index contributed by atoms with van der Waals surface area (Å²) >= 11 is 0. The van der Waals surface area contributed by atoms with Gasteiger partial charge in [0.1, 0.15) is 11.9 Å². The van der Waals surface area contributed by atoms with Gasteiger partial charge in [-0.15, -0.1) is 0 Å². The number of hydrogen-bond acceptors (Lipinski definition) is 5. The van der Waals surface area contributed by atoms with E-state index in [-0.39, 0.29) is 12.0 Å². The Morgan fingerprint density at radius 3 is 2.87 bits per heavy atom. The lowest BCUT2D eigenvalue weighted by Gasteiger charge is -2.38. The molecule has 1 aromatic carbocycles. The zero-order chi connectivity index (χ0) is 15.8. The lowest BCUT2D eigenvalue weighted by atomic mass is 10.1. The highest BCUT2D eigenvalue weighted by atomic mass is 16.5. The maximum Gasteiger partial charge on any atom is 0.276 e. The van der Waals surface area contributed by atoms with Crippen molar-refractivity contribution in [3.8, 4) is 5.88 Å². The minimum atomic E-state index is -0.131. The number of aryl methyl sites for hydroxylation is 1. The molecule has 1 aliphatic rings. The van der Waals surface area contributed by atoms with E-state index < -0.39 is 0 Å². The van der Waals surface area contributed by atoms with Gasteiger partial charge in [-0.3, -0.25) is 4.79 Å². The van der Waals surface area contributed by atoms with Crippen LogP contribution in [0.5, 0.6) is 5.88 Å². The van der Waals surface area contributed by atoms with Crippen molar-refractivity contribution >= 4 is 16.8 Å². The normalized spacial score (nSPS) is 14.7. The number of ether oxygens (including phenoxy) is 1. The summed E-state index contributed by atoms with van der Waals surface area (Å²) in [5.74, 6) is 1.08. The number of aromatic nitrogens is 2. The van der Waals surface area contributed by atoms with E-state index in [1.807, 2.05) is 36.4 Å². The SMILES string of the molecule is Cc1cc(C(=O)N2CC(Oc3ccc4ccccc4n3)C2)no1. The predicted molar refractivity (Wildman–Crippen MR) is 83.3 cm³/mol. The molecule has 1 saturated heterocycles. The molecule has 1 aliphatic heterocycles. The number of rotatable bonds is 3. The number of likely N-dealkylation sites (tertiary alicyclic amines) is 1. The van der Waals surface area contributed by atoms with Crippen LogP contribution in [0, 0.1) is 6.92 Å². The number of amides is 1. The molecule has 116 valence electrons. The average Bonchev–Trinajstić information content (AvgIpc) is 2.96. The summed E-state index contributed by atoms with van der Waals surface area (Å²) in [6, 6.07) is 13.4. The quantitative estimate of drug-likeness (QED) is 0.743. The first kappa shape index (κ1) is 13.8. The Labute approximate surface area is 132 Å². The zero-order valence-electron chi connectivity index (χ0n) is 12.6. The van der Waals surface area contributed by atoms with Gasteiger partial charge in [0, 0.05) is 17.5 Å². The molecule has 2 aromatic heterocycles. The highest BCUT2D eigenvalue weighted by Crippen LogP contribution is 2.21.